The summed E-state index contributed by atoms with van der Waals surface area (Å²) in [6, 6.07) is 8.02. The fraction of sp³-hybridized carbons (Fsp3) is 0.118. The summed E-state index contributed by atoms with van der Waals surface area (Å²) in [5.74, 6) is 0.865. The number of anilines is 1. The Balaban J connectivity index is 1.72. The third kappa shape index (κ3) is 3.34. The molecule has 4 aromatic heterocycles. The summed E-state index contributed by atoms with van der Waals surface area (Å²) in [4.78, 5) is 11.0. The van der Waals surface area contributed by atoms with Crippen LogP contribution in [0.25, 0.3) is 16.2 Å². The van der Waals surface area contributed by atoms with Gasteiger partial charge in [0.15, 0.2) is 5.65 Å². The number of thiophene rings is 1. The highest BCUT2D eigenvalue weighted by Gasteiger charge is 2.14. The van der Waals surface area contributed by atoms with Crippen LogP contribution >= 0.6 is 43.2 Å². The van der Waals surface area contributed by atoms with Crippen molar-refractivity contribution in [1.82, 2.24) is 14.6 Å². The van der Waals surface area contributed by atoms with E-state index < -0.39 is 0 Å². The van der Waals surface area contributed by atoms with Crippen molar-refractivity contribution in [1.29, 1.82) is 0 Å². The second kappa shape index (κ2) is 7.34. The van der Waals surface area contributed by atoms with Gasteiger partial charge in [-0.15, -0.1) is 11.3 Å². The highest BCUT2D eigenvalue weighted by molar-refractivity contribution is 9.11. The molecule has 0 aliphatic heterocycles. The minimum absolute atomic E-state index is 0.631. The quantitative estimate of drug-likeness (QED) is 0.426. The maximum atomic E-state index is 5.21. The topological polar surface area (TPSA) is 55.3 Å². The van der Waals surface area contributed by atoms with Gasteiger partial charge in [0.2, 0.25) is 12.4 Å². The van der Waals surface area contributed by atoms with Crippen molar-refractivity contribution in [2.24, 2.45) is 0 Å². The first-order chi connectivity index (χ1) is 12.7. The number of nitrogens with zero attached hydrogens (tertiary/aromatic N) is 4. The zero-order chi connectivity index (χ0) is 18.1. The summed E-state index contributed by atoms with van der Waals surface area (Å²) in [5, 5.41) is 9.91. The molecule has 132 valence electrons. The minimum atomic E-state index is 0.631. The molecule has 0 radical (unpaired) electrons. The Bertz CT molecular complexity index is 1080. The number of halogens is 2. The first-order valence-electron chi connectivity index (χ1n) is 7.72. The van der Waals surface area contributed by atoms with Crippen molar-refractivity contribution in [2.75, 3.05) is 12.4 Å². The lowest BCUT2D eigenvalue weighted by Crippen LogP contribution is -2.40. The third-order valence-electron chi connectivity index (χ3n) is 3.80. The first-order valence-corrected chi connectivity index (χ1v) is 10.2. The van der Waals surface area contributed by atoms with Crippen molar-refractivity contribution >= 4 is 54.7 Å². The van der Waals surface area contributed by atoms with E-state index in [0.717, 1.165) is 36.5 Å². The summed E-state index contributed by atoms with van der Waals surface area (Å²) in [5.41, 5.74) is 2.75. The first kappa shape index (κ1) is 17.4. The monoisotopic (exact) mass is 494 g/mol. The van der Waals surface area contributed by atoms with E-state index in [2.05, 4.69) is 42.3 Å². The van der Waals surface area contributed by atoms with Crippen LogP contribution in [0.4, 0.5) is 5.82 Å². The van der Waals surface area contributed by atoms with Crippen molar-refractivity contribution in [2.45, 2.75) is 6.54 Å². The number of hydrogen-bond donors (Lipinski definition) is 1. The summed E-state index contributed by atoms with van der Waals surface area (Å²) >= 11 is 8.77. The Morgan fingerprint density at radius 2 is 2.19 bits per heavy atom. The highest BCUT2D eigenvalue weighted by Crippen LogP contribution is 2.34. The molecule has 0 aliphatic carbocycles. The summed E-state index contributed by atoms with van der Waals surface area (Å²) < 4.78 is 5.34. The molecule has 4 rings (SSSR count). The molecule has 4 aromatic rings. The fourth-order valence-corrected chi connectivity index (χ4v) is 4.45. The van der Waals surface area contributed by atoms with Crippen LogP contribution in [-0.4, -0.2) is 21.7 Å². The van der Waals surface area contributed by atoms with E-state index in [0.29, 0.717) is 6.54 Å². The molecule has 1 N–H and O–H groups in total. The molecule has 0 saturated heterocycles. The van der Waals surface area contributed by atoms with Crippen molar-refractivity contribution in [3.05, 3.63) is 62.7 Å². The smallest absolute Gasteiger partial charge is 0.227 e. The molecule has 0 saturated carbocycles. The van der Waals surface area contributed by atoms with Gasteiger partial charge < -0.3 is 5.32 Å². The Kier molecular flexibility index (Phi) is 4.92. The zero-order valence-electron chi connectivity index (χ0n) is 13.7. The maximum Gasteiger partial charge on any atom is 0.227 e. The average molecular weight is 496 g/mol. The van der Waals surface area contributed by atoms with E-state index in [9.17, 15) is 0 Å². The van der Waals surface area contributed by atoms with E-state index in [1.165, 1.54) is 0 Å². The Hall–Kier alpha value is -1.97. The molecule has 0 bridgehead atoms. The van der Waals surface area contributed by atoms with Crippen LogP contribution in [0.3, 0.4) is 0 Å². The molecule has 0 spiro atoms. The average Bonchev–Trinajstić information content (AvgIpc) is 3.26. The Morgan fingerprint density at radius 1 is 1.31 bits per heavy atom. The number of hydrogen-bond acceptors (Lipinski definition) is 5. The van der Waals surface area contributed by atoms with E-state index in [-0.39, 0.29) is 0 Å². The zero-order valence-corrected chi connectivity index (χ0v) is 17.7. The summed E-state index contributed by atoms with van der Waals surface area (Å²) in [6.07, 6.45) is 5.54. The van der Waals surface area contributed by atoms with Crippen LogP contribution in [0.15, 0.2) is 57.2 Å². The maximum absolute atomic E-state index is 5.21. The molecule has 6 nitrogen and oxygen atoms in total. The molecule has 26 heavy (non-hydrogen) atoms. The molecular weight excluding hydrogens is 482 g/mol. The van der Waals surface area contributed by atoms with Crippen molar-refractivity contribution in [3.8, 4) is 10.6 Å². The number of aromatic nitrogens is 4. The SMILES string of the molecule is CO[n+]1cccc(CNc2cc(-c3sccc3Br)nc3c(Br)cnn23)c1. The molecular formula is C17H14Br2N5OS+. The van der Waals surface area contributed by atoms with Crippen molar-refractivity contribution < 1.29 is 9.57 Å². The molecule has 0 atom stereocenters. The fourth-order valence-electron chi connectivity index (χ4n) is 2.57. The highest BCUT2D eigenvalue weighted by atomic mass is 79.9. The van der Waals surface area contributed by atoms with Crippen molar-refractivity contribution in [3.63, 3.8) is 0 Å². The molecule has 0 aliphatic rings. The Morgan fingerprint density at radius 3 is 2.96 bits per heavy atom. The van der Waals surface area contributed by atoms with Crippen LogP contribution in [-0.2, 0) is 6.54 Å². The Labute approximate surface area is 170 Å². The largest absolute Gasteiger partial charge is 0.366 e. The van der Waals surface area contributed by atoms with Crippen LogP contribution in [0.2, 0.25) is 0 Å². The minimum Gasteiger partial charge on any atom is -0.366 e. The van der Waals surface area contributed by atoms with Gasteiger partial charge in [-0.3, -0.25) is 4.84 Å². The number of fused-ring (bicyclic) bond motifs is 1. The van der Waals surface area contributed by atoms with Gasteiger partial charge in [0.05, 0.1) is 21.2 Å². The van der Waals surface area contributed by atoms with Gasteiger partial charge in [0, 0.05) is 33.4 Å². The van der Waals surface area contributed by atoms with Gasteiger partial charge in [-0.05, 0) is 49.4 Å². The van der Waals surface area contributed by atoms with E-state index in [4.69, 9.17) is 9.82 Å². The van der Waals surface area contributed by atoms with E-state index >= 15 is 0 Å². The van der Waals surface area contributed by atoms with Crippen LogP contribution < -0.4 is 14.9 Å². The third-order valence-corrected chi connectivity index (χ3v) is 6.22. The molecule has 0 fully saturated rings. The van der Waals surface area contributed by atoms with Gasteiger partial charge in [0.25, 0.3) is 0 Å². The van der Waals surface area contributed by atoms with Gasteiger partial charge in [-0.25, -0.2) is 4.98 Å². The van der Waals surface area contributed by atoms with Crippen LogP contribution in [0, 0.1) is 0 Å². The lowest BCUT2D eigenvalue weighted by molar-refractivity contribution is -0.885. The second-order valence-corrected chi connectivity index (χ2v) is 8.09. The van der Waals surface area contributed by atoms with Crippen LogP contribution in [0.1, 0.15) is 5.56 Å². The number of pyridine rings is 1. The standard InChI is InChI=1S/C17H14Br2N5OS/c1-25-23-5-2-3-11(10-23)8-20-15-7-14(16-12(18)4-6-26-16)22-17-13(19)9-21-24(15)17/h2-7,9-10,20H,8H2,1H3/q+1. The van der Waals surface area contributed by atoms with E-state index in [1.807, 2.05) is 42.0 Å². The van der Waals surface area contributed by atoms with Crippen LogP contribution in [0.5, 0.6) is 0 Å². The summed E-state index contributed by atoms with van der Waals surface area (Å²) in [6.45, 7) is 0.631. The summed E-state index contributed by atoms with van der Waals surface area (Å²) in [7, 11) is 1.63. The molecule has 4 heterocycles. The molecule has 0 aromatic carbocycles. The lowest BCUT2D eigenvalue weighted by atomic mass is 10.3. The van der Waals surface area contributed by atoms with Gasteiger partial charge >= 0.3 is 0 Å². The molecule has 9 heteroatoms. The number of nitrogens with one attached hydrogen (secondary N) is 1. The second-order valence-electron chi connectivity index (χ2n) is 5.46. The molecule has 0 amide bonds. The van der Waals surface area contributed by atoms with Gasteiger partial charge in [-0.1, -0.05) is 0 Å². The predicted molar refractivity (Wildman–Crippen MR) is 108 cm³/mol. The van der Waals surface area contributed by atoms with E-state index in [1.54, 1.807) is 33.9 Å². The molecule has 0 unspecified atom stereocenters. The predicted octanol–water partition coefficient (Wildman–Crippen LogP) is 3.94. The number of rotatable bonds is 5. The van der Waals surface area contributed by atoms with Gasteiger partial charge in [-0.2, -0.15) is 9.61 Å². The normalized spacial score (nSPS) is 11.0. The lowest BCUT2D eigenvalue weighted by Gasteiger charge is -2.10. The van der Waals surface area contributed by atoms with Gasteiger partial charge in [0.1, 0.15) is 12.9 Å².